The number of benzene rings is 2. The summed E-state index contributed by atoms with van der Waals surface area (Å²) < 4.78 is 26.7. The van der Waals surface area contributed by atoms with E-state index in [0.717, 1.165) is 9.69 Å². The Bertz CT molecular complexity index is 962. The summed E-state index contributed by atoms with van der Waals surface area (Å²) in [6.07, 6.45) is 0. The quantitative estimate of drug-likeness (QED) is 0.825. The molecule has 0 spiro atoms. The first-order valence-corrected chi connectivity index (χ1v) is 9.93. The summed E-state index contributed by atoms with van der Waals surface area (Å²) in [5.74, 6) is -0.711. The van der Waals surface area contributed by atoms with E-state index in [0.29, 0.717) is 24.2 Å². The first-order chi connectivity index (χ1) is 12.4. The van der Waals surface area contributed by atoms with Crippen LogP contribution in [0.3, 0.4) is 0 Å². The van der Waals surface area contributed by atoms with E-state index in [-0.39, 0.29) is 23.9 Å². The predicted molar refractivity (Wildman–Crippen MR) is 99.4 cm³/mol. The Hall–Kier alpha value is -2.61. The molecule has 1 aliphatic heterocycles. The largest absolute Gasteiger partial charge is 0.345 e. The maximum atomic E-state index is 12.8. The van der Waals surface area contributed by atoms with E-state index in [2.05, 4.69) is 5.32 Å². The van der Waals surface area contributed by atoms with Gasteiger partial charge in [-0.1, -0.05) is 24.3 Å². The molecule has 1 N–H and O–H groups in total. The molecule has 0 unspecified atom stereocenters. The van der Waals surface area contributed by atoms with E-state index in [1.54, 1.807) is 29.2 Å². The summed E-state index contributed by atoms with van der Waals surface area (Å²) >= 11 is 0. The van der Waals surface area contributed by atoms with Crippen LogP contribution in [0.15, 0.2) is 41.3 Å². The highest BCUT2D eigenvalue weighted by Gasteiger charge is 2.36. The maximum absolute atomic E-state index is 12.8. The number of hydrogen-bond acceptors (Lipinski definition) is 4. The van der Waals surface area contributed by atoms with Gasteiger partial charge in [0.25, 0.3) is 10.0 Å². The lowest BCUT2D eigenvalue weighted by Gasteiger charge is -2.20. The third-order valence-electron chi connectivity index (χ3n) is 4.52. The second kappa shape index (κ2) is 6.95. The van der Waals surface area contributed by atoms with Crippen LogP contribution >= 0.6 is 0 Å². The van der Waals surface area contributed by atoms with Gasteiger partial charge in [-0.05, 0) is 31.4 Å². The number of nitrogens with zero attached hydrogens (tertiary/aromatic N) is 2. The molecule has 1 aliphatic rings. The van der Waals surface area contributed by atoms with Gasteiger partial charge in [-0.3, -0.25) is 13.9 Å². The number of hydrogen-bond donors (Lipinski definition) is 1. The van der Waals surface area contributed by atoms with Gasteiger partial charge < -0.3 is 10.2 Å². The normalized spacial score (nSPS) is 14.5. The standard InChI is InChI=1S/C18H21N3O4S/c1-3-20(4-2)17(23)11-19-16(22)12-21-14-9-5-7-13-8-6-10-15(18(13)14)26(21,24)25/h5-10H,3-4,11-12H2,1-2H3,(H,19,22). The third kappa shape index (κ3) is 3.01. The van der Waals surface area contributed by atoms with Crippen molar-refractivity contribution in [1.82, 2.24) is 10.2 Å². The van der Waals surface area contributed by atoms with Gasteiger partial charge in [0.1, 0.15) is 6.54 Å². The van der Waals surface area contributed by atoms with Gasteiger partial charge in [0.05, 0.1) is 17.1 Å². The van der Waals surface area contributed by atoms with E-state index in [4.69, 9.17) is 0 Å². The van der Waals surface area contributed by atoms with E-state index in [1.165, 1.54) is 0 Å². The van der Waals surface area contributed by atoms with E-state index in [1.807, 2.05) is 26.0 Å². The van der Waals surface area contributed by atoms with Gasteiger partial charge in [0.15, 0.2) is 0 Å². The summed E-state index contributed by atoms with van der Waals surface area (Å²) in [5, 5.41) is 3.95. The molecule has 26 heavy (non-hydrogen) atoms. The molecule has 3 rings (SSSR count). The average molecular weight is 375 g/mol. The number of nitrogens with one attached hydrogen (secondary N) is 1. The monoisotopic (exact) mass is 375 g/mol. The fourth-order valence-electron chi connectivity index (χ4n) is 3.18. The molecule has 0 bridgehead atoms. The van der Waals surface area contributed by atoms with Crippen LogP contribution in [0.1, 0.15) is 13.8 Å². The SMILES string of the molecule is CCN(CC)C(=O)CNC(=O)CN1c2cccc3cccc(c23)S1(=O)=O. The minimum absolute atomic E-state index is 0.147. The molecule has 0 radical (unpaired) electrons. The number of sulfonamides is 1. The highest BCUT2D eigenvalue weighted by Crippen LogP contribution is 2.41. The average Bonchev–Trinajstić information content (AvgIpc) is 2.84. The van der Waals surface area contributed by atoms with E-state index in [9.17, 15) is 18.0 Å². The lowest BCUT2D eigenvalue weighted by molar-refractivity contribution is -0.132. The summed E-state index contributed by atoms with van der Waals surface area (Å²) in [6, 6.07) is 10.4. The fourth-order valence-corrected chi connectivity index (χ4v) is 4.84. The second-order valence-electron chi connectivity index (χ2n) is 5.99. The van der Waals surface area contributed by atoms with E-state index >= 15 is 0 Å². The van der Waals surface area contributed by atoms with Crippen LogP contribution in [0.4, 0.5) is 5.69 Å². The van der Waals surface area contributed by atoms with Crippen LogP contribution in [0.5, 0.6) is 0 Å². The smallest absolute Gasteiger partial charge is 0.265 e. The molecule has 2 aromatic carbocycles. The van der Waals surface area contributed by atoms with Crippen molar-refractivity contribution in [2.45, 2.75) is 18.7 Å². The van der Waals surface area contributed by atoms with Crippen molar-refractivity contribution >= 4 is 38.3 Å². The molecular weight excluding hydrogens is 354 g/mol. The minimum atomic E-state index is -3.78. The zero-order chi connectivity index (χ0) is 18.9. The molecule has 0 saturated heterocycles. The molecule has 2 aromatic rings. The summed E-state index contributed by atoms with van der Waals surface area (Å²) in [4.78, 5) is 26.1. The molecule has 2 amide bonds. The van der Waals surface area contributed by atoms with Crippen molar-refractivity contribution in [2.75, 3.05) is 30.5 Å². The molecule has 7 nitrogen and oxygen atoms in total. The predicted octanol–water partition coefficient (Wildman–Crippen LogP) is 1.33. The molecule has 0 aliphatic carbocycles. The van der Waals surface area contributed by atoms with Crippen molar-refractivity contribution in [2.24, 2.45) is 0 Å². The Kier molecular flexibility index (Phi) is 4.86. The Labute approximate surface area is 152 Å². The molecule has 8 heteroatoms. The second-order valence-corrected chi connectivity index (χ2v) is 7.82. The van der Waals surface area contributed by atoms with Gasteiger partial charge in [-0.2, -0.15) is 0 Å². The van der Waals surface area contributed by atoms with Crippen molar-refractivity contribution < 1.29 is 18.0 Å². The van der Waals surface area contributed by atoms with Gasteiger partial charge in [-0.25, -0.2) is 8.42 Å². The van der Waals surface area contributed by atoms with Gasteiger partial charge in [0, 0.05) is 18.5 Å². The topological polar surface area (TPSA) is 86.8 Å². The third-order valence-corrected chi connectivity index (χ3v) is 6.32. The van der Waals surface area contributed by atoms with Crippen molar-refractivity contribution in [3.05, 3.63) is 36.4 Å². The van der Waals surface area contributed by atoms with Crippen LogP contribution < -0.4 is 9.62 Å². The zero-order valence-electron chi connectivity index (χ0n) is 14.7. The number of anilines is 1. The van der Waals surface area contributed by atoms with Gasteiger partial charge >= 0.3 is 0 Å². The van der Waals surface area contributed by atoms with Crippen molar-refractivity contribution in [1.29, 1.82) is 0 Å². The Morgan fingerprint density at radius 3 is 2.38 bits per heavy atom. The number of amides is 2. The summed E-state index contributed by atoms with van der Waals surface area (Å²) in [6.45, 7) is 4.33. The van der Waals surface area contributed by atoms with Crippen LogP contribution in [0, 0.1) is 0 Å². The molecule has 0 saturated carbocycles. The Balaban J connectivity index is 1.78. The lowest BCUT2D eigenvalue weighted by atomic mass is 10.1. The highest BCUT2D eigenvalue weighted by atomic mass is 32.2. The maximum Gasteiger partial charge on any atom is 0.265 e. The fraction of sp³-hybridized carbons (Fsp3) is 0.333. The number of carbonyl (C=O) groups is 2. The molecule has 0 aromatic heterocycles. The number of rotatable bonds is 6. The number of carbonyl (C=O) groups excluding carboxylic acids is 2. The number of likely N-dealkylation sites (N-methyl/N-ethyl adjacent to an activating group) is 1. The Morgan fingerprint density at radius 2 is 1.73 bits per heavy atom. The van der Waals surface area contributed by atoms with Crippen LogP contribution in [-0.2, 0) is 19.6 Å². The summed E-state index contributed by atoms with van der Waals surface area (Å²) in [5.41, 5.74) is 0.489. The van der Waals surface area contributed by atoms with Crippen molar-refractivity contribution in [3.8, 4) is 0 Å². The first-order valence-electron chi connectivity index (χ1n) is 8.49. The van der Waals surface area contributed by atoms with Crippen molar-refractivity contribution in [3.63, 3.8) is 0 Å². The molecular formula is C18H21N3O4S. The van der Waals surface area contributed by atoms with Crippen LogP contribution in [-0.4, -0.2) is 51.3 Å². The summed E-state index contributed by atoms with van der Waals surface area (Å²) in [7, 11) is -3.78. The molecule has 0 atom stereocenters. The molecule has 0 fully saturated rings. The van der Waals surface area contributed by atoms with Gasteiger partial charge in [0.2, 0.25) is 11.8 Å². The van der Waals surface area contributed by atoms with Gasteiger partial charge in [-0.15, -0.1) is 0 Å². The Morgan fingerprint density at radius 1 is 1.08 bits per heavy atom. The molecule has 138 valence electrons. The van der Waals surface area contributed by atoms with E-state index < -0.39 is 15.9 Å². The lowest BCUT2D eigenvalue weighted by Crippen LogP contribution is -2.44. The highest BCUT2D eigenvalue weighted by molar-refractivity contribution is 7.93. The van der Waals surface area contributed by atoms with Crippen LogP contribution in [0.25, 0.3) is 10.8 Å². The first kappa shape index (κ1) is 18.2. The zero-order valence-corrected chi connectivity index (χ0v) is 15.5. The minimum Gasteiger partial charge on any atom is -0.345 e. The molecule has 1 heterocycles. The van der Waals surface area contributed by atoms with Crippen LogP contribution in [0.2, 0.25) is 0 Å².